The van der Waals surface area contributed by atoms with Crippen LogP contribution in [0.15, 0.2) is 47.6 Å². The number of amides is 2. The van der Waals surface area contributed by atoms with Crippen LogP contribution in [-0.2, 0) is 4.79 Å². The molecule has 0 bridgehead atoms. The van der Waals surface area contributed by atoms with E-state index in [9.17, 15) is 9.59 Å². The number of rotatable bonds is 6. The molecule has 0 saturated carbocycles. The van der Waals surface area contributed by atoms with Crippen molar-refractivity contribution in [3.63, 3.8) is 0 Å². The third kappa shape index (κ3) is 6.24. The van der Waals surface area contributed by atoms with E-state index in [4.69, 9.17) is 34.8 Å². The highest BCUT2D eigenvalue weighted by molar-refractivity contribution is 6.42. The lowest BCUT2D eigenvalue weighted by atomic mass is 10.0. The molecule has 2 amide bonds. The topological polar surface area (TPSA) is 70.6 Å². The Bertz CT molecular complexity index is 852. The number of benzene rings is 2. The van der Waals surface area contributed by atoms with Crippen LogP contribution in [0.1, 0.15) is 29.8 Å². The molecule has 0 saturated heterocycles. The highest BCUT2D eigenvalue weighted by Gasteiger charge is 2.24. The Balaban J connectivity index is 2.02. The molecule has 0 fully saturated rings. The van der Waals surface area contributed by atoms with Gasteiger partial charge in [-0.3, -0.25) is 9.59 Å². The number of carbonyl (C=O) groups excluding carboxylic acids is 2. The van der Waals surface area contributed by atoms with E-state index < -0.39 is 17.9 Å². The maximum Gasteiger partial charge on any atom is 0.262 e. The van der Waals surface area contributed by atoms with Gasteiger partial charge in [0, 0.05) is 10.6 Å². The summed E-state index contributed by atoms with van der Waals surface area (Å²) in [5.74, 6) is -1.00. The first-order valence-corrected chi connectivity index (χ1v) is 9.25. The van der Waals surface area contributed by atoms with E-state index in [0.29, 0.717) is 15.6 Å². The summed E-state index contributed by atoms with van der Waals surface area (Å²) >= 11 is 17.6. The number of nitrogens with one attached hydrogen (secondary N) is 2. The zero-order chi connectivity index (χ0) is 20.0. The second-order valence-electron chi connectivity index (χ2n) is 6.11. The van der Waals surface area contributed by atoms with Gasteiger partial charge >= 0.3 is 0 Å². The summed E-state index contributed by atoms with van der Waals surface area (Å²) in [7, 11) is 0. The minimum atomic E-state index is -0.769. The summed E-state index contributed by atoms with van der Waals surface area (Å²) in [6.07, 6.45) is 1.49. The molecular formula is C19H18Cl3N3O2. The summed E-state index contributed by atoms with van der Waals surface area (Å²) in [5.41, 5.74) is 3.53. The van der Waals surface area contributed by atoms with E-state index in [0.717, 1.165) is 5.56 Å². The van der Waals surface area contributed by atoms with Crippen molar-refractivity contribution in [1.82, 2.24) is 10.7 Å². The van der Waals surface area contributed by atoms with Gasteiger partial charge in [-0.1, -0.05) is 60.8 Å². The molecule has 1 atom stereocenters. The van der Waals surface area contributed by atoms with Gasteiger partial charge in [-0.2, -0.15) is 5.10 Å². The largest absolute Gasteiger partial charge is 0.340 e. The van der Waals surface area contributed by atoms with Crippen LogP contribution in [0.5, 0.6) is 0 Å². The maximum absolute atomic E-state index is 12.4. The number of nitrogens with zero attached hydrogens (tertiary/aromatic N) is 1. The summed E-state index contributed by atoms with van der Waals surface area (Å²) < 4.78 is 0. The fourth-order valence-electron chi connectivity index (χ4n) is 2.19. The molecular weight excluding hydrogens is 409 g/mol. The molecule has 0 heterocycles. The fraction of sp³-hybridized carbons (Fsp3) is 0.211. The SMILES string of the molecule is CC(C)C(NC(=O)c1ccc(Cl)c(Cl)c1)C(=O)N/N=C/c1ccc(Cl)cc1. The normalized spacial score (nSPS) is 12.2. The summed E-state index contributed by atoms with van der Waals surface area (Å²) in [5, 5.41) is 7.84. The first-order chi connectivity index (χ1) is 12.8. The Morgan fingerprint density at radius 1 is 1.00 bits per heavy atom. The van der Waals surface area contributed by atoms with E-state index in [1.807, 2.05) is 13.8 Å². The highest BCUT2D eigenvalue weighted by atomic mass is 35.5. The number of carbonyl (C=O) groups is 2. The van der Waals surface area contributed by atoms with E-state index in [2.05, 4.69) is 15.8 Å². The molecule has 8 heteroatoms. The zero-order valence-corrected chi connectivity index (χ0v) is 16.9. The molecule has 2 aromatic carbocycles. The average Bonchev–Trinajstić information content (AvgIpc) is 2.63. The molecule has 5 nitrogen and oxygen atoms in total. The van der Waals surface area contributed by atoms with Gasteiger partial charge in [-0.25, -0.2) is 5.43 Å². The van der Waals surface area contributed by atoms with Gasteiger partial charge in [-0.15, -0.1) is 0 Å². The van der Waals surface area contributed by atoms with Crippen molar-refractivity contribution < 1.29 is 9.59 Å². The molecule has 0 aromatic heterocycles. The first kappa shape index (κ1) is 21.2. The quantitative estimate of drug-likeness (QED) is 0.525. The van der Waals surface area contributed by atoms with Crippen molar-refractivity contribution in [2.24, 2.45) is 11.0 Å². The van der Waals surface area contributed by atoms with Crippen LogP contribution in [0.3, 0.4) is 0 Å². The Labute approximate surface area is 172 Å². The van der Waals surface area contributed by atoms with Crippen LogP contribution in [-0.4, -0.2) is 24.1 Å². The minimum absolute atomic E-state index is 0.151. The minimum Gasteiger partial charge on any atom is -0.340 e. The first-order valence-electron chi connectivity index (χ1n) is 8.12. The molecule has 0 aliphatic carbocycles. The van der Waals surface area contributed by atoms with Crippen LogP contribution in [0.2, 0.25) is 15.1 Å². The third-order valence-electron chi connectivity index (χ3n) is 3.68. The molecule has 0 aliphatic rings. The van der Waals surface area contributed by atoms with E-state index in [-0.39, 0.29) is 10.9 Å². The van der Waals surface area contributed by atoms with E-state index >= 15 is 0 Å². The molecule has 1 unspecified atom stereocenters. The van der Waals surface area contributed by atoms with Crippen molar-refractivity contribution in [1.29, 1.82) is 0 Å². The van der Waals surface area contributed by atoms with Gasteiger partial charge < -0.3 is 5.32 Å². The van der Waals surface area contributed by atoms with Crippen LogP contribution in [0.25, 0.3) is 0 Å². The van der Waals surface area contributed by atoms with E-state index in [1.54, 1.807) is 24.3 Å². The molecule has 0 radical (unpaired) electrons. The number of hydrazone groups is 1. The monoisotopic (exact) mass is 425 g/mol. The third-order valence-corrected chi connectivity index (χ3v) is 4.67. The maximum atomic E-state index is 12.4. The highest BCUT2D eigenvalue weighted by Crippen LogP contribution is 2.22. The van der Waals surface area contributed by atoms with Gasteiger partial charge in [0.05, 0.1) is 16.3 Å². The molecule has 2 aromatic rings. The summed E-state index contributed by atoms with van der Waals surface area (Å²) in [6, 6.07) is 10.7. The number of halogens is 3. The fourth-order valence-corrected chi connectivity index (χ4v) is 2.61. The number of hydrogen-bond acceptors (Lipinski definition) is 3. The second kappa shape index (κ2) is 9.74. The van der Waals surface area contributed by atoms with Gasteiger partial charge in [0.15, 0.2) is 0 Å². The molecule has 0 spiro atoms. The van der Waals surface area contributed by atoms with E-state index in [1.165, 1.54) is 24.4 Å². The number of hydrogen-bond donors (Lipinski definition) is 2. The van der Waals surface area contributed by atoms with Crippen molar-refractivity contribution in [3.05, 3.63) is 68.7 Å². The molecule has 27 heavy (non-hydrogen) atoms. The summed E-state index contributed by atoms with van der Waals surface area (Å²) in [4.78, 5) is 24.8. The van der Waals surface area contributed by atoms with Gasteiger partial charge in [0.2, 0.25) is 0 Å². The smallest absolute Gasteiger partial charge is 0.262 e. The molecule has 142 valence electrons. The van der Waals surface area contributed by atoms with Crippen molar-refractivity contribution in [3.8, 4) is 0 Å². The summed E-state index contributed by atoms with van der Waals surface area (Å²) in [6.45, 7) is 3.64. The average molecular weight is 427 g/mol. The van der Waals surface area contributed by atoms with Crippen molar-refractivity contribution in [2.45, 2.75) is 19.9 Å². The lowest BCUT2D eigenvalue weighted by molar-refractivity contribution is -0.123. The Morgan fingerprint density at radius 2 is 1.67 bits per heavy atom. The Kier molecular flexibility index (Phi) is 7.66. The second-order valence-corrected chi connectivity index (χ2v) is 7.36. The van der Waals surface area contributed by atoms with Gasteiger partial charge in [0.25, 0.3) is 11.8 Å². The van der Waals surface area contributed by atoms with Crippen molar-refractivity contribution in [2.75, 3.05) is 0 Å². The Morgan fingerprint density at radius 3 is 2.26 bits per heavy atom. The predicted octanol–water partition coefficient (Wildman–Crippen LogP) is 4.55. The lowest BCUT2D eigenvalue weighted by Gasteiger charge is -2.20. The van der Waals surface area contributed by atoms with Crippen LogP contribution in [0.4, 0.5) is 0 Å². The van der Waals surface area contributed by atoms with Gasteiger partial charge in [-0.05, 0) is 41.8 Å². The predicted molar refractivity (Wildman–Crippen MR) is 110 cm³/mol. The van der Waals surface area contributed by atoms with Crippen LogP contribution in [0, 0.1) is 5.92 Å². The molecule has 2 N–H and O–H groups in total. The van der Waals surface area contributed by atoms with Crippen LogP contribution < -0.4 is 10.7 Å². The zero-order valence-electron chi connectivity index (χ0n) is 14.7. The van der Waals surface area contributed by atoms with Gasteiger partial charge in [0.1, 0.15) is 6.04 Å². The molecule has 2 rings (SSSR count). The standard InChI is InChI=1S/C19H18Cl3N3O2/c1-11(2)17(24-18(26)13-5-8-15(21)16(22)9-13)19(27)25-23-10-12-3-6-14(20)7-4-12/h3-11,17H,1-2H3,(H,24,26)(H,25,27)/b23-10+. The van der Waals surface area contributed by atoms with Crippen molar-refractivity contribution >= 4 is 52.8 Å². The lowest BCUT2D eigenvalue weighted by Crippen LogP contribution is -2.48. The Hall–Kier alpha value is -2.08. The molecule has 0 aliphatic heterocycles. The van der Waals surface area contributed by atoms with Crippen LogP contribution >= 0.6 is 34.8 Å².